The number of rotatable bonds is 2. The lowest BCUT2D eigenvalue weighted by Crippen LogP contribution is -1.98. The monoisotopic (exact) mass is 227 g/mol. The maximum Gasteiger partial charge on any atom is 0.143 e. The zero-order valence-electron chi connectivity index (χ0n) is 9.24. The van der Waals surface area contributed by atoms with Crippen molar-refractivity contribution < 1.29 is 4.39 Å². The van der Waals surface area contributed by atoms with Crippen molar-refractivity contribution in [1.82, 2.24) is 4.98 Å². The summed E-state index contributed by atoms with van der Waals surface area (Å²) < 4.78 is 13.4. The van der Waals surface area contributed by atoms with E-state index in [0.29, 0.717) is 5.69 Å². The van der Waals surface area contributed by atoms with Crippen molar-refractivity contribution in [2.24, 2.45) is 0 Å². The minimum absolute atomic E-state index is 0.00996. The first kappa shape index (κ1) is 11.1. The van der Waals surface area contributed by atoms with Crippen LogP contribution in [-0.2, 0) is 0 Å². The van der Waals surface area contributed by atoms with Gasteiger partial charge in [0.15, 0.2) is 0 Å². The van der Waals surface area contributed by atoms with Crippen molar-refractivity contribution in [3.63, 3.8) is 0 Å². The second-order valence-corrected chi connectivity index (χ2v) is 3.59. The molecular formula is C13H10FN3. The van der Waals surface area contributed by atoms with Gasteiger partial charge in [0.2, 0.25) is 0 Å². The molecule has 0 aliphatic heterocycles. The van der Waals surface area contributed by atoms with Gasteiger partial charge < -0.3 is 5.32 Å². The Morgan fingerprint density at radius 2 is 2.12 bits per heavy atom. The van der Waals surface area contributed by atoms with Crippen LogP contribution in [0.3, 0.4) is 0 Å². The highest BCUT2D eigenvalue weighted by atomic mass is 19.1. The van der Waals surface area contributed by atoms with Crippen molar-refractivity contribution in [3.05, 3.63) is 53.6 Å². The molecule has 0 atom stereocenters. The smallest absolute Gasteiger partial charge is 0.143 e. The molecular weight excluding hydrogens is 217 g/mol. The number of nitrogens with one attached hydrogen (secondary N) is 1. The number of anilines is 2. The number of aryl methyl sites for hydroxylation is 1. The standard InChI is InChI=1S/C13H10FN3/c1-9-5-6-16-8-13(9)17-12-4-2-3-11(14)10(12)7-15/h2-6,8,17H,1H3. The molecule has 0 unspecified atom stereocenters. The van der Waals surface area contributed by atoms with Gasteiger partial charge in [0.25, 0.3) is 0 Å². The van der Waals surface area contributed by atoms with Gasteiger partial charge in [-0.3, -0.25) is 4.98 Å². The summed E-state index contributed by atoms with van der Waals surface area (Å²) in [6.45, 7) is 1.91. The van der Waals surface area contributed by atoms with Gasteiger partial charge in [0.05, 0.1) is 17.6 Å². The van der Waals surface area contributed by atoms with E-state index < -0.39 is 5.82 Å². The number of nitrogens with zero attached hydrogens (tertiary/aromatic N) is 2. The van der Waals surface area contributed by atoms with Gasteiger partial charge in [-0.2, -0.15) is 5.26 Å². The normalized spacial score (nSPS) is 9.71. The van der Waals surface area contributed by atoms with Crippen LogP contribution < -0.4 is 5.32 Å². The Morgan fingerprint density at radius 1 is 1.29 bits per heavy atom. The lowest BCUT2D eigenvalue weighted by atomic mass is 10.1. The van der Waals surface area contributed by atoms with Crippen LogP contribution in [0.1, 0.15) is 11.1 Å². The molecule has 0 bridgehead atoms. The number of benzene rings is 1. The Morgan fingerprint density at radius 3 is 2.82 bits per heavy atom. The van der Waals surface area contributed by atoms with E-state index in [9.17, 15) is 4.39 Å². The average molecular weight is 227 g/mol. The van der Waals surface area contributed by atoms with Gasteiger partial charge in [0.1, 0.15) is 17.4 Å². The van der Waals surface area contributed by atoms with E-state index in [-0.39, 0.29) is 5.56 Å². The van der Waals surface area contributed by atoms with Gasteiger partial charge >= 0.3 is 0 Å². The highest BCUT2D eigenvalue weighted by molar-refractivity contribution is 5.67. The quantitative estimate of drug-likeness (QED) is 0.857. The van der Waals surface area contributed by atoms with Crippen LogP contribution in [0.5, 0.6) is 0 Å². The molecule has 3 nitrogen and oxygen atoms in total. The Hall–Kier alpha value is -2.41. The van der Waals surface area contributed by atoms with E-state index in [1.165, 1.54) is 6.07 Å². The van der Waals surface area contributed by atoms with Gasteiger partial charge in [-0.05, 0) is 30.7 Å². The van der Waals surface area contributed by atoms with Crippen LogP contribution in [-0.4, -0.2) is 4.98 Å². The molecule has 1 N–H and O–H groups in total. The van der Waals surface area contributed by atoms with E-state index in [2.05, 4.69) is 10.3 Å². The van der Waals surface area contributed by atoms with Gasteiger partial charge in [-0.25, -0.2) is 4.39 Å². The predicted octanol–water partition coefficient (Wildman–Crippen LogP) is 3.14. The van der Waals surface area contributed by atoms with E-state index >= 15 is 0 Å². The first-order valence-electron chi connectivity index (χ1n) is 5.08. The van der Waals surface area contributed by atoms with E-state index in [4.69, 9.17) is 5.26 Å². The second-order valence-electron chi connectivity index (χ2n) is 3.59. The van der Waals surface area contributed by atoms with Crippen molar-refractivity contribution in [3.8, 4) is 6.07 Å². The zero-order valence-corrected chi connectivity index (χ0v) is 9.24. The number of nitriles is 1. The molecule has 1 aromatic carbocycles. The molecule has 2 aromatic rings. The van der Waals surface area contributed by atoms with Crippen LogP contribution in [0.25, 0.3) is 0 Å². The molecule has 0 saturated carbocycles. The Bertz CT molecular complexity index is 587. The second kappa shape index (κ2) is 4.62. The van der Waals surface area contributed by atoms with Crippen LogP contribution in [0.2, 0.25) is 0 Å². The minimum atomic E-state index is -0.529. The van der Waals surface area contributed by atoms with Gasteiger partial charge in [0, 0.05) is 6.20 Å². The number of pyridine rings is 1. The summed E-state index contributed by atoms with van der Waals surface area (Å²) in [6.07, 6.45) is 3.32. The van der Waals surface area contributed by atoms with Gasteiger partial charge in [-0.1, -0.05) is 6.07 Å². The van der Waals surface area contributed by atoms with Gasteiger partial charge in [-0.15, -0.1) is 0 Å². The Labute approximate surface area is 98.5 Å². The molecule has 0 aliphatic rings. The minimum Gasteiger partial charge on any atom is -0.353 e. The molecule has 2 rings (SSSR count). The molecule has 1 aromatic heterocycles. The summed E-state index contributed by atoms with van der Waals surface area (Å²) in [5, 5.41) is 11.9. The topological polar surface area (TPSA) is 48.7 Å². The fourth-order valence-electron chi connectivity index (χ4n) is 1.48. The van der Waals surface area contributed by atoms with Crippen molar-refractivity contribution >= 4 is 11.4 Å². The molecule has 4 heteroatoms. The highest BCUT2D eigenvalue weighted by Gasteiger charge is 2.08. The van der Waals surface area contributed by atoms with Crippen LogP contribution in [0.15, 0.2) is 36.7 Å². The predicted molar refractivity (Wildman–Crippen MR) is 63.4 cm³/mol. The number of aromatic nitrogens is 1. The summed E-state index contributed by atoms with van der Waals surface area (Å²) in [7, 11) is 0. The number of halogens is 1. The lowest BCUT2D eigenvalue weighted by molar-refractivity contribution is 0.624. The lowest BCUT2D eigenvalue weighted by Gasteiger charge is -2.10. The highest BCUT2D eigenvalue weighted by Crippen LogP contribution is 2.23. The summed E-state index contributed by atoms with van der Waals surface area (Å²) in [6, 6.07) is 8.17. The Balaban J connectivity index is 2.41. The first-order chi connectivity index (χ1) is 8.22. The fraction of sp³-hybridized carbons (Fsp3) is 0.0769. The SMILES string of the molecule is Cc1ccncc1Nc1cccc(F)c1C#N. The molecule has 0 aliphatic carbocycles. The third kappa shape index (κ3) is 2.23. The van der Waals surface area contributed by atoms with Crippen LogP contribution >= 0.6 is 0 Å². The Kier molecular flexibility index (Phi) is 3.01. The molecule has 1 heterocycles. The third-order valence-corrected chi connectivity index (χ3v) is 2.43. The first-order valence-corrected chi connectivity index (χ1v) is 5.08. The maximum absolute atomic E-state index is 13.4. The molecule has 0 saturated heterocycles. The van der Waals surface area contributed by atoms with Crippen molar-refractivity contribution in [1.29, 1.82) is 5.26 Å². The van der Waals surface area contributed by atoms with E-state index in [1.807, 2.05) is 19.1 Å². The third-order valence-electron chi connectivity index (χ3n) is 2.43. The average Bonchev–Trinajstić information content (AvgIpc) is 2.32. The van der Waals surface area contributed by atoms with Crippen molar-refractivity contribution in [2.45, 2.75) is 6.92 Å². The number of hydrogen-bond acceptors (Lipinski definition) is 3. The van der Waals surface area contributed by atoms with E-state index in [0.717, 1.165) is 11.3 Å². The molecule has 0 spiro atoms. The summed E-state index contributed by atoms with van der Waals surface area (Å²) in [5.74, 6) is -0.529. The summed E-state index contributed by atoms with van der Waals surface area (Å²) in [4.78, 5) is 3.98. The maximum atomic E-state index is 13.4. The number of hydrogen-bond donors (Lipinski definition) is 1. The van der Waals surface area contributed by atoms with E-state index in [1.54, 1.807) is 24.5 Å². The largest absolute Gasteiger partial charge is 0.353 e. The fourth-order valence-corrected chi connectivity index (χ4v) is 1.48. The molecule has 0 fully saturated rings. The summed E-state index contributed by atoms with van der Waals surface area (Å²) in [5.41, 5.74) is 2.20. The molecule has 0 amide bonds. The zero-order chi connectivity index (χ0) is 12.3. The van der Waals surface area contributed by atoms with Crippen LogP contribution in [0.4, 0.5) is 15.8 Å². The van der Waals surface area contributed by atoms with Crippen LogP contribution in [0, 0.1) is 24.1 Å². The van der Waals surface area contributed by atoms with Crippen molar-refractivity contribution in [2.75, 3.05) is 5.32 Å². The summed E-state index contributed by atoms with van der Waals surface area (Å²) >= 11 is 0. The molecule has 17 heavy (non-hydrogen) atoms. The molecule has 84 valence electrons. The molecule has 0 radical (unpaired) electrons.